The summed E-state index contributed by atoms with van der Waals surface area (Å²) in [4.78, 5) is 30.0. The Labute approximate surface area is 212 Å². The Bertz CT molecular complexity index is 1220. The minimum Gasteiger partial charge on any atom is -0.482 e. The average molecular weight is 520 g/mol. The van der Waals surface area contributed by atoms with Crippen molar-refractivity contribution in [3.63, 3.8) is 0 Å². The number of halogens is 3. The van der Waals surface area contributed by atoms with Gasteiger partial charge < -0.3 is 9.47 Å². The summed E-state index contributed by atoms with van der Waals surface area (Å²) in [6, 6.07) is 10.00. The SMILES string of the molecule is CCOC(=O)COc1ccc(C(=O)CCc2sc(-c3ccc(C(F)(F)F)cc3)nc2C(C)C)c(C)c1. The largest absolute Gasteiger partial charge is 0.482 e. The number of aryl methyl sites for hydroxylation is 2. The van der Waals surface area contributed by atoms with Gasteiger partial charge in [0.1, 0.15) is 10.8 Å². The number of rotatable bonds is 10. The molecule has 0 spiro atoms. The molecule has 3 rings (SSSR count). The van der Waals surface area contributed by atoms with Crippen LogP contribution in [0.1, 0.15) is 65.2 Å². The van der Waals surface area contributed by atoms with Crippen LogP contribution in [0, 0.1) is 6.92 Å². The second kappa shape index (κ2) is 11.7. The third-order valence-electron chi connectivity index (χ3n) is 5.47. The topological polar surface area (TPSA) is 65.5 Å². The third-order valence-corrected chi connectivity index (χ3v) is 6.65. The van der Waals surface area contributed by atoms with Gasteiger partial charge in [-0.05, 0) is 62.1 Å². The molecule has 0 atom stereocenters. The summed E-state index contributed by atoms with van der Waals surface area (Å²) in [6.07, 6.45) is -3.65. The van der Waals surface area contributed by atoms with Crippen molar-refractivity contribution in [2.45, 2.75) is 52.6 Å². The molecule has 0 N–H and O–H groups in total. The number of carbonyl (C=O) groups is 2. The Morgan fingerprint density at radius 3 is 2.36 bits per heavy atom. The molecule has 0 bridgehead atoms. The van der Waals surface area contributed by atoms with Gasteiger partial charge in [-0.2, -0.15) is 13.2 Å². The summed E-state index contributed by atoms with van der Waals surface area (Å²) in [6.45, 7) is 7.59. The van der Waals surface area contributed by atoms with Gasteiger partial charge in [0.15, 0.2) is 12.4 Å². The highest BCUT2D eigenvalue weighted by Gasteiger charge is 2.30. The van der Waals surface area contributed by atoms with Gasteiger partial charge in [-0.15, -0.1) is 11.3 Å². The molecule has 0 fully saturated rings. The number of alkyl halides is 3. The Hall–Kier alpha value is -3.20. The van der Waals surface area contributed by atoms with Crippen LogP contribution < -0.4 is 4.74 Å². The molecule has 0 unspecified atom stereocenters. The lowest BCUT2D eigenvalue weighted by atomic mass is 9.99. The number of Topliss-reactive ketones (excluding diaryl/α,β-unsaturated/α-hetero) is 1. The first-order chi connectivity index (χ1) is 17.0. The van der Waals surface area contributed by atoms with Crippen LogP contribution in [-0.2, 0) is 22.1 Å². The highest BCUT2D eigenvalue weighted by Crippen LogP contribution is 2.35. The maximum atomic E-state index is 13.0. The number of hydrogen-bond donors (Lipinski definition) is 0. The van der Waals surface area contributed by atoms with Gasteiger partial charge in [0.25, 0.3) is 0 Å². The number of thiazole rings is 1. The minimum atomic E-state index is -4.39. The number of ketones is 1. The van der Waals surface area contributed by atoms with Crippen molar-refractivity contribution in [3.05, 3.63) is 69.7 Å². The van der Waals surface area contributed by atoms with E-state index in [1.165, 1.54) is 23.5 Å². The van der Waals surface area contributed by atoms with Crippen molar-refractivity contribution in [3.8, 4) is 16.3 Å². The van der Waals surface area contributed by atoms with Crippen molar-refractivity contribution in [1.29, 1.82) is 0 Å². The van der Waals surface area contributed by atoms with E-state index in [-0.39, 0.29) is 31.3 Å². The van der Waals surface area contributed by atoms with Crippen molar-refractivity contribution in [2.24, 2.45) is 0 Å². The summed E-state index contributed by atoms with van der Waals surface area (Å²) in [5, 5.41) is 0.633. The fourth-order valence-electron chi connectivity index (χ4n) is 3.66. The lowest BCUT2D eigenvalue weighted by Gasteiger charge is -2.10. The third kappa shape index (κ3) is 6.94. The van der Waals surface area contributed by atoms with E-state index < -0.39 is 17.7 Å². The summed E-state index contributed by atoms with van der Waals surface area (Å²) in [5.41, 5.74) is 2.06. The molecule has 0 aliphatic rings. The van der Waals surface area contributed by atoms with Crippen molar-refractivity contribution >= 4 is 23.1 Å². The molecule has 192 valence electrons. The Morgan fingerprint density at radius 1 is 1.08 bits per heavy atom. The first-order valence-electron chi connectivity index (χ1n) is 11.6. The van der Waals surface area contributed by atoms with E-state index >= 15 is 0 Å². The number of ether oxygens (including phenoxy) is 2. The Kier molecular flexibility index (Phi) is 8.89. The number of aromatic nitrogens is 1. The molecular formula is C27H28F3NO4S. The molecule has 3 aromatic rings. The highest BCUT2D eigenvalue weighted by atomic mass is 32.1. The van der Waals surface area contributed by atoms with E-state index in [0.29, 0.717) is 28.3 Å². The predicted molar refractivity (Wildman–Crippen MR) is 133 cm³/mol. The fraction of sp³-hybridized carbons (Fsp3) is 0.370. The van der Waals surface area contributed by atoms with E-state index in [1.807, 2.05) is 13.8 Å². The number of nitrogens with zero attached hydrogens (tertiary/aromatic N) is 1. The normalized spacial score (nSPS) is 11.6. The molecule has 36 heavy (non-hydrogen) atoms. The molecule has 5 nitrogen and oxygen atoms in total. The van der Waals surface area contributed by atoms with Gasteiger partial charge in [0.05, 0.1) is 17.9 Å². The first-order valence-corrected chi connectivity index (χ1v) is 12.4. The summed E-state index contributed by atoms with van der Waals surface area (Å²) >= 11 is 1.40. The molecule has 1 heterocycles. The highest BCUT2D eigenvalue weighted by molar-refractivity contribution is 7.15. The molecule has 2 aromatic carbocycles. The number of hydrogen-bond acceptors (Lipinski definition) is 6. The van der Waals surface area contributed by atoms with Crippen molar-refractivity contribution in [2.75, 3.05) is 13.2 Å². The smallest absolute Gasteiger partial charge is 0.416 e. The quantitative estimate of drug-likeness (QED) is 0.213. The van der Waals surface area contributed by atoms with E-state index in [9.17, 15) is 22.8 Å². The zero-order chi connectivity index (χ0) is 26.5. The van der Waals surface area contributed by atoms with Crippen molar-refractivity contribution < 1.29 is 32.2 Å². The van der Waals surface area contributed by atoms with Gasteiger partial charge in [0.2, 0.25) is 0 Å². The molecule has 0 saturated carbocycles. The summed E-state index contributed by atoms with van der Waals surface area (Å²) < 4.78 is 48.9. The molecule has 9 heteroatoms. The van der Waals surface area contributed by atoms with Crippen LogP contribution >= 0.6 is 11.3 Å². The minimum absolute atomic E-state index is 0.0383. The van der Waals surface area contributed by atoms with Crippen molar-refractivity contribution in [1.82, 2.24) is 4.98 Å². The van der Waals surface area contributed by atoms with Gasteiger partial charge in [-0.1, -0.05) is 26.0 Å². The number of esters is 1. The molecule has 0 saturated heterocycles. The molecule has 0 amide bonds. The van der Waals surface area contributed by atoms with E-state index in [4.69, 9.17) is 9.47 Å². The van der Waals surface area contributed by atoms with Crippen LogP contribution in [-0.4, -0.2) is 30.0 Å². The molecule has 0 aliphatic heterocycles. The number of benzene rings is 2. The Morgan fingerprint density at radius 2 is 1.78 bits per heavy atom. The van der Waals surface area contributed by atoms with E-state index in [0.717, 1.165) is 28.3 Å². The maximum absolute atomic E-state index is 13.0. The molecule has 0 aliphatic carbocycles. The standard InChI is InChI=1S/C27H28F3NO4S/c1-5-34-24(33)15-35-20-10-11-21(17(4)14-20)22(32)12-13-23-25(16(2)3)31-26(36-23)18-6-8-19(9-7-18)27(28,29)30/h6-11,14,16H,5,12-13,15H2,1-4H3. The van der Waals surface area contributed by atoms with Gasteiger partial charge in [0, 0.05) is 22.4 Å². The molecular weight excluding hydrogens is 491 g/mol. The monoisotopic (exact) mass is 519 g/mol. The van der Waals surface area contributed by atoms with Gasteiger partial charge >= 0.3 is 12.1 Å². The van der Waals surface area contributed by atoms with Crippen LogP contribution in [0.4, 0.5) is 13.2 Å². The zero-order valence-electron chi connectivity index (χ0n) is 20.6. The second-order valence-corrected chi connectivity index (χ2v) is 9.63. The maximum Gasteiger partial charge on any atom is 0.416 e. The average Bonchev–Trinajstić information content (AvgIpc) is 3.26. The van der Waals surface area contributed by atoms with Crippen LogP contribution in [0.2, 0.25) is 0 Å². The van der Waals surface area contributed by atoms with E-state index in [2.05, 4.69) is 4.98 Å². The predicted octanol–water partition coefficient (Wildman–Crippen LogP) is 7.02. The van der Waals surface area contributed by atoms with E-state index in [1.54, 1.807) is 32.0 Å². The van der Waals surface area contributed by atoms with Crippen LogP contribution in [0.15, 0.2) is 42.5 Å². The second-order valence-electron chi connectivity index (χ2n) is 8.55. The van der Waals surface area contributed by atoms with Crippen LogP contribution in [0.25, 0.3) is 10.6 Å². The fourth-order valence-corrected chi connectivity index (χ4v) is 4.89. The Balaban J connectivity index is 1.70. The van der Waals surface area contributed by atoms with Crippen LogP contribution in [0.3, 0.4) is 0 Å². The molecule has 1 aromatic heterocycles. The lowest BCUT2D eigenvalue weighted by Crippen LogP contribution is -2.14. The summed E-state index contributed by atoms with van der Waals surface area (Å²) in [7, 11) is 0. The van der Waals surface area contributed by atoms with Gasteiger partial charge in [-0.25, -0.2) is 9.78 Å². The van der Waals surface area contributed by atoms with Gasteiger partial charge in [-0.3, -0.25) is 4.79 Å². The summed E-state index contributed by atoms with van der Waals surface area (Å²) in [5.74, 6) is 0.0788. The van der Waals surface area contributed by atoms with Crippen LogP contribution in [0.5, 0.6) is 5.75 Å². The molecule has 0 radical (unpaired) electrons. The number of carbonyl (C=O) groups excluding carboxylic acids is 2. The first kappa shape index (κ1) is 27.4. The zero-order valence-corrected chi connectivity index (χ0v) is 21.4. The lowest BCUT2D eigenvalue weighted by molar-refractivity contribution is -0.145.